The molecule has 0 atom stereocenters. The topological polar surface area (TPSA) is 32.3 Å². The Morgan fingerprint density at radius 3 is 2.29 bits per heavy atom. The van der Waals surface area contributed by atoms with Crippen LogP contribution in [-0.2, 0) is 0 Å². The van der Waals surface area contributed by atoms with Gasteiger partial charge >= 0.3 is 0 Å². The van der Waals surface area contributed by atoms with Gasteiger partial charge in [-0.05, 0) is 52.3 Å². The summed E-state index contributed by atoms with van der Waals surface area (Å²) in [5, 5.41) is 2.96. The average Bonchev–Trinajstić information content (AvgIpc) is 2.41. The number of amides is 1. The van der Waals surface area contributed by atoms with Gasteiger partial charge in [0, 0.05) is 27.5 Å². The van der Waals surface area contributed by atoms with Gasteiger partial charge in [0.15, 0.2) is 0 Å². The molecule has 2 aromatic rings. The number of hydrogen-bond acceptors (Lipinski definition) is 2. The summed E-state index contributed by atoms with van der Waals surface area (Å²) in [5.41, 5.74) is 2.28. The molecule has 2 rings (SSSR count). The summed E-state index contributed by atoms with van der Waals surface area (Å²) >= 11 is 10.2. The lowest BCUT2D eigenvalue weighted by atomic mass is 10.2. The third-order valence-electron chi connectivity index (χ3n) is 2.86. The minimum Gasteiger partial charge on any atom is -0.376 e. The van der Waals surface area contributed by atoms with Crippen molar-refractivity contribution in [2.45, 2.75) is 0 Å². The molecule has 3 nitrogen and oxygen atoms in total. The molecule has 6 heteroatoms. The minimum atomic E-state index is -0.163. The van der Waals surface area contributed by atoms with Gasteiger partial charge in [0.25, 0.3) is 5.91 Å². The van der Waals surface area contributed by atoms with E-state index in [1.165, 1.54) is 0 Å². The second kappa shape index (κ2) is 6.94. The van der Waals surface area contributed by atoms with Crippen LogP contribution in [0.25, 0.3) is 0 Å². The Kier molecular flexibility index (Phi) is 5.46. The van der Waals surface area contributed by atoms with Crippen molar-refractivity contribution in [3.8, 4) is 0 Å². The van der Waals surface area contributed by atoms with E-state index in [2.05, 4.69) is 53.1 Å². The van der Waals surface area contributed by atoms with Crippen LogP contribution in [-0.4, -0.2) is 20.0 Å². The SMILES string of the molecule is CN(C)c1ccc(Br)cc1NC(=O)c1cc(Br)ccc1Br. The van der Waals surface area contributed by atoms with Gasteiger partial charge in [0.05, 0.1) is 16.9 Å². The molecule has 1 amide bonds. The van der Waals surface area contributed by atoms with Crippen molar-refractivity contribution >= 4 is 65.1 Å². The van der Waals surface area contributed by atoms with Crippen LogP contribution in [0.15, 0.2) is 49.8 Å². The first-order valence-electron chi connectivity index (χ1n) is 6.12. The molecule has 0 bridgehead atoms. The summed E-state index contributed by atoms with van der Waals surface area (Å²) in [6.45, 7) is 0. The first-order chi connectivity index (χ1) is 9.88. The molecule has 0 saturated heterocycles. The Balaban J connectivity index is 2.35. The highest BCUT2D eigenvalue weighted by molar-refractivity contribution is 9.11. The van der Waals surface area contributed by atoms with Crippen molar-refractivity contribution in [2.75, 3.05) is 24.3 Å². The van der Waals surface area contributed by atoms with Crippen LogP contribution in [0.2, 0.25) is 0 Å². The quantitative estimate of drug-likeness (QED) is 0.652. The van der Waals surface area contributed by atoms with Crippen LogP contribution in [0.1, 0.15) is 10.4 Å². The van der Waals surface area contributed by atoms with Gasteiger partial charge in [-0.1, -0.05) is 31.9 Å². The molecule has 0 saturated carbocycles. The first kappa shape index (κ1) is 16.5. The summed E-state index contributed by atoms with van der Waals surface area (Å²) in [4.78, 5) is 14.4. The third-order valence-corrected chi connectivity index (χ3v) is 4.54. The molecule has 21 heavy (non-hydrogen) atoms. The van der Waals surface area contributed by atoms with Crippen LogP contribution in [0.3, 0.4) is 0 Å². The lowest BCUT2D eigenvalue weighted by molar-refractivity contribution is 0.102. The zero-order chi connectivity index (χ0) is 15.6. The van der Waals surface area contributed by atoms with Gasteiger partial charge in [-0.2, -0.15) is 0 Å². The number of nitrogens with zero attached hydrogens (tertiary/aromatic N) is 1. The van der Waals surface area contributed by atoms with Crippen molar-refractivity contribution in [1.82, 2.24) is 0 Å². The molecular formula is C15H13Br3N2O. The second-order valence-electron chi connectivity index (χ2n) is 4.63. The maximum absolute atomic E-state index is 12.5. The molecule has 1 N–H and O–H groups in total. The fourth-order valence-electron chi connectivity index (χ4n) is 1.86. The predicted molar refractivity (Wildman–Crippen MR) is 98.3 cm³/mol. The molecule has 0 spiro atoms. The van der Waals surface area contributed by atoms with Gasteiger partial charge < -0.3 is 10.2 Å². The summed E-state index contributed by atoms with van der Waals surface area (Å²) in [6, 6.07) is 11.3. The molecule has 0 fully saturated rings. The lowest BCUT2D eigenvalue weighted by Crippen LogP contribution is -2.17. The lowest BCUT2D eigenvalue weighted by Gasteiger charge is -2.18. The molecule has 110 valence electrons. The number of rotatable bonds is 3. The molecule has 0 unspecified atom stereocenters. The highest BCUT2D eigenvalue weighted by Crippen LogP contribution is 2.29. The molecule has 0 aromatic heterocycles. The van der Waals surface area contributed by atoms with E-state index in [0.717, 1.165) is 24.8 Å². The Hall–Kier alpha value is -0.850. The van der Waals surface area contributed by atoms with Crippen molar-refractivity contribution in [3.63, 3.8) is 0 Å². The fraction of sp³-hybridized carbons (Fsp3) is 0.133. The molecule has 0 aliphatic heterocycles. The summed E-state index contributed by atoms with van der Waals surface area (Å²) in [7, 11) is 3.88. The number of hydrogen-bond donors (Lipinski definition) is 1. The zero-order valence-electron chi connectivity index (χ0n) is 11.5. The largest absolute Gasteiger partial charge is 0.376 e. The molecule has 0 radical (unpaired) electrons. The summed E-state index contributed by atoms with van der Waals surface area (Å²) < 4.78 is 2.53. The Labute approximate surface area is 149 Å². The van der Waals surface area contributed by atoms with E-state index in [1.54, 1.807) is 6.07 Å². The van der Waals surface area contributed by atoms with Crippen LogP contribution >= 0.6 is 47.8 Å². The zero-order valence-corrected chi connectivity index (χ0v) is 16.2. The first-order valence-corrected chi connectivity index (χ1v) is 8.49. The van der Waals surface area contributed by atoms with Gasteiger partial charge in [0.1, 0.15) is 0 Å². The van der Waals surface area contributed by atoms with Crippen LogP contribution < -0.4 is 10.2 Å². The number of anilines is 2. The number of halogens is 3. The number of benzene rings is 2. The predicted octanol–water partition coefficient (Wildman–Crippen LogP) is 5.29. The van der Waals surface area contributed by atoms with Crippen LogP contribution in [0.4, 0.5) is 11.4 Å². The highest BCUT2D eigenvalue weighted by atomic mass is 79.9. The van der Waals surface area contributed by atoms with E-state index < -0.39 is 0 Å². The van der Waals surface area contributed by atoms with E-state index in [-0.39, 0.29) is 5.91 Å². The Morgan fingerprint density at radius 2 is 1.62 bits per heavy atom. The van der Waals surface area contributed by atoms with Crippen molar-refractivity contribution in [2.24, 2.45) is 0 Å². The monoisotopic (exact) mass is 474 g/mol. The van der Waals surface area contributed by atoms with E-state index in [1.807, 2.05) is 49.3 Å². The van der Waals surface area contributed by atoms with E-state index in [0.29, 0.717) is 5.56 Å². The second-order valence-corrected chi connectivity index (χ2v) is 7.32. The molecule has 0 aliphatic rings. The fourth-order valence-corrected chi connectivity index (χ4v) is 3.01. The van der Waals surface area contributed by atoms with Gasteiger partial charge in [-0.25, -0.2) is 0 Å². The molecule has 0 heterocycles. The maximum atomic E-state index is 12.5. The number of carbonyl (C=O) groups is 1. The average molecular weight is 477 g/mol. The number of nitrogens with one attached hydrogen (secondary N) is 1. The minimum absolute atomic E-state index is 0.163. The Bertz CT molecular complexity index is 687. The molecule has 0 aliphatic carbocycles. The number of carbonyl (C=O) groups excluding carboxylic acids is 1. The third kappa shape index (κ3) is 4.08. The molecule has 2 aromatic carbocycles. The highest BCUT2D eigenvalue weighted by Gasteiger charge is 2.14. The van der Waals surface area contributed by atoms with Crippen molar-refractivity contribution < 1.29 is 4.79 Å². The van der Waals surface area contributed by atoms with Crippen LogP contribution in [0.5, 0.6) is 0 Å². The standard InChI is InChI=1S/C15H13Br3N2O/c1-20(2)14-6-4-10(17)8-13(14)19-15(21)11-7-9(16)3-5-12(11)18/h3-8H,1-2H3,(H,19,21). The maximum Gasteiger partial charge on any atom is 0.256 e. The smallest absolute Gasteiger partial charge is 0.256 e. The van der Waals surface area contributed by atoms with Gasteiger partial charge in [-0.3, -0.25) is 4.79 Å². The summed E-state index contributed by atoms with van der Waals surface area (Å²) in [6.07, 6.45) is 0. The normalized spacial score (nSPS) is 10.3. The summed E-state index contributed by atoms with van der Waals surface area (Å²) in [5.74, 6) is -0.163. The molecular weight excluding hydrogens is 464 g/mol. The van der Waals surface area contributed by atoms with E-state index >= 15 is 0 Å². The van der Waals surface area contributed by atoms with Gasteiger partial charge in [0.2, 0.25) is 0 Å². The van der Waals surface area contributed by atoms with Gasteiger partial charge in [-0.15, -0.1) is 0 Å². The van der Waals surface area contributed by atoms with Crippen molar-refractivity contribution in [3.05, 3.63) is 55.4 Å². The van der Waals surface area contributed by atoms with Crippen molar-refractivity contribution in [1.29, 1.82) is 0 Å². The van der Waals surface area contributed by atoms with E-state index in [4.69, 9.17) is 0 Å². The van der Waals surface area contributed by atoms with Crippen LogP contribution in [0, 0.1) is 0 Å². The van der Waals surface area contributed by atoms with E-state index in [9.17, 15) is 4.79 Å². The Morgan fingerprint density at radius 1 is 1.00 bits per heavy atom.